The minimum Gasteiger partial charge on any atom is -0.480 e. The third kappa shape index (κ3) is 2.53. The standard InChI is InChI=1S/C8H14N4O2/c1-2-3-12-7(10-5-11-12)4-6(9)8(13)14/h5-6H,2-4,9H2,1H3,(H,13,14). The maximum absolute atomic E-state index is 10.5. The van der Waals surface area contributed by atoms with E-state index in [-0.39, 0.29) is 6.42 Å². The van der Waals surface area contributed by atoms with Gasteiger partial charge in [-0.3, -0.25) is 9.48 Å². The number of rotatable bonds is 5. The van der Waals surface area contributed by atoms with E-state index < -0.39 is 12.0 Å². The van der Waals surface area contributed by atoms with Crippen molar-refractivity contribution in [3.63, 3.8) is 0 Å². The van der Waals surface area contributed by atoms with Crippen molar-refractivity contribution < 1.29 is 9.90 Å². The summed E-state index contributed by atoms with van der Waals surface area (Å²) < 4.78 is 1.68. The Morgan fingerprint density at radius 3 is 3.07 bits per heavy atom. The number of nitrogens with two attached hydrogens (primary N) is 1. The number of carbonyl (C=O) groups is 1. The fraction of sp³-hybridized carbons (Fsp3) is 0.625. The largest absolute Gasteiger partial charge is 0.480 e. The van der Waals surface area contributed by atoms with E-state index in [0.29, 0.717) is 5.82 Å². The Kier molecular flexibility index (Phi) is 3.58. The van der Waals surface area contributed by atoms with Crippen LogP contribution in [0.5, 0.6) is 0 Å². The van der Waals surface area contributed by atoms with Crippen molar-refractivity contribution in [3.05, 3.63) is 12.2 Å². The van der Waals surface area contributed by atoms with Gasteiger partial charge >= 0.3 is 5.97 Å². The molecule has 0 aromatic carbocycles. The molecule has 1 unspecified atom stereocenters. The minimum absolute atomic E-state index is 0.218. The Hall–Kier alpha value is -1.43. The van der Waals surface area contributed by atoms with E-state index in [1.165, 1.54) is 6.33 Å². The summed E-state index contributed by atoms with van der Waals surface area (Å²) in [5.41, 5.74) is 5.39. The fourth-order valence-corrected chi connectivity index (χ4v) is 1.13. The lowest BCUT2D eigenvalue weighted by molar-refractivity contribution is -0.138. The van der Waals surface area contributed by atoms with Crippen LogP contribution in [0.2, 0.25) is 0 Å². The highest BCUT2D eigenvalue weighted by molar-refractivity contribution is 5.73. The van der Waals surface area contributed by atoms with Gasteiger partial charge in [-0.15, -0.1) is 0 Å². The Balaban J connectivity index is 2.66. The van der Waals surface area contributed by atoms with Gasteiger partial charge in [-0.1, -0.05) is 6.92 Å². The Bertz CT molecular complexity index is 310. The second-order valence-electron chi connectivity index (χ2n) is 3.05. The number of aliphatic carboxylic acids is 1. The molecule has 1 atom stereocenters. The van der Waals surface area contributed by atoms with Gasteiger partial charge in [0.05, 0.1) is 0 Å². The van der Waals surface area contributed by atoms with Crippen molar-refractivity contribution in [1.29, 1.82) is 0 Å². The maximum atomic E-state index is 10.5. The van der Waals surface area contributed by atoms with Gasteiger partial charge in [-0.05, 0) is 6.42 Å². The Morgan fingerprint density at radius 2 is 2.50 bits per heavy atom. The van der Waals surface area contributed by atoms with E-state index in [1.54, 1.807) is 4.68 Å². The molecule has 1 aromatic rings. The molecule has 1 aromatic heterocycles. The normalized spacial score (nSPS) is 12.7. The molecule has 1 heterocycles. The highest BCUT2D eigenvalue weighted by atomic mass is 16.4. The zero-order chi connectivity index (χ0) is 10.6. The smallest absolute Gasteiger partial charge is 0.320 e. The van der Waals surface area contributed by atoms with Gasteiger partial charge in [0.2, 0.25) is 0 Å². The average Bonchev–Trinajstić information content (AvgIpc) is 2.53. The SMILES string of the molecule is CCCn1ncnc1CC(N)C(=O)O. The first-order valence-corrected chi connectivity index (χ1v) is 4.50. The molecule has 1 rings (SSSR count). The summed E-state index contributed by atoms with van der Waals surface area (Å²) in [5, 5.41) is 12.6. The van der Waals surface area contributed by atoms with E-state index >= 15 is 0 Å². The summed E-state index contributed by atoms with van der Waals surface area (Å²) in [6, 6.07) is -0.908. The van der Waals surface area contributed by atoms with Crippen molar-refractivity contribution >= 4 is 5.97 Å². The van der Waals surface area contributed by atoms with Crippen LogP contribution in [0, 0.1) is 0 Å². The topological polar surface area (TPSA) is 94.0 Å². The zero-order valence-corrected chi connectivity index (χ0v) is 8.05. The molecule has 78 valence electrons. The summed E-state index contributed by atoms with van der Waals surface area (Å²) in [6.07, 6.45) is 2.56. The molecule has 0 radical (unpaired) electrons. The van der Waals surface area contributed by atoms with E-state index in [4.69, 9.17) is 10.8 Å². The lowest BCUT2D eigenvalue weighted by Crippen LogP contribution is -2.33. The fourth-order valence-electron chi connectivity index (χ4n) is 1.13. The maximum Gasteiger partial charge on any atom is 0.320 e. The van der Waals surface area contributed by atoms with Crippen LogP contribution in [-0.2, 0) is 17.8 Å². The predicted molar refractivity (Wildman–Crippen MR) is 49.6 cm³/mol. The number of carboxylic acids is 1. The van der Waals surface area contributed by atoms with E-state index in [2.05, 4.69) is 10.1 Å². The average molecular weight is 198 g/mol. The summed E-state index contributed by atoms with van der Waals surface area (Å²) in [5.74, 6) is -0.391. The highest BCUT2D eigenvalue weighted by Crippen LogP contribution is 1.99. The first-order valence-electron chi connectivity index (χ1n) is 4.50. The van der Waals surface area contributed by atoms with Crippen LogP contribution < -0.4 is 5.73 Å². The summed E-state index contributed by atoms with van der Waals surface area (Å²) in [6.45, 7) is 2.75. The minimum atomic E-state index is -1.02. The molecule has 0 spiro atoms. The molecular weight excluding hydrogens is 184 g/mol. The molecule has 0 aliphatic rings. The molecule has 0 bridgehead atoms. The Labute approximate surface area is 81.7 Å². The number of aryl methyl sites for hydroxylation is 1. The van der Waals surface area contributed by atoms with Gasteiger partial charge in [0.15, 0.2) is 0 Å². The second-order valence-corrected chi connectivity index (χ2v) is 3.05. The van der Waals surface area contributed by atoms with Gasteiger partial charge in [-0.25, -0.2) is 4.98 Å². The molecule has 6 heteroatoms. The monoisotopic (exact) mass is 198 g/mol. The number of aromatic nitrogens is 3. The summed E-state index contributed by atoms with van der Waals surface area (Å²) in [4.78, 5) is 14.5. The van der Waals surface area contributed by atoms with E-state index in [1.807, 2.05) is 6.92 Å². The highest BCUT2D eigenvalue weighted by Gasteiger charge is 2.15. The first-order chi connectivity index (χ1) is 6.65. The number of nitrogens with zero attached hydrogens (tertiary/aromatic N) is 3. The summed E-state index contributed by atoms with van der Waals surface area (Å²) >= 11 is 0. The van der Waals surface area contributed by atoms with Crippen LogP contribution in [0.15, 0.2) is 6.33 Å². The molecule has 0 aliphatic heterocycles. The predicted octanol–water partition coefficient (Wildman–Crippen LogP) is -0.357. The van der Waals surface area contributed by atoms with Crippen LogP contribution in [0.4, 0.5) is 0 Å². The number of hydrogen-bond donors (Lipinski definition) is 2. The third-order valence-corrected chi connectivity index (χ3v) is 1.85. The molecule has 0 saturated carbocycles. The second kappa shape index (κ2) is 4.71. The van der Waals surface area contributed by atoms with Crippen LogP contribution in [-0.4, -0.2) is 31.9 Å². The van der Waals surface area contributed by atoms with Gasteiger partial charge in [0.25, 0.3) is 0 Å². The van der Waals surface area contributed by atoms with Crippen LogP contribution in [0.25, 0.3) is 0 Å². The lowest BCUT2D eigenvalue weighted by Gasteiger charge is -2.06. The van der Waals surface area contributed by atoms with Crippen molar-refractivity contribution in [2.45, 2.75) is 32.4 Å². The van der Waals surface area contributed by atoms with Gasteiger partial charge < -0.3 is 10.8 Å². The lowest BCUT2D eigenvalue weighted by atomic mass is 10.2. The molecule has 14 heavy (non-hydrogen) atoms. The van der Waals surface area contributed by atoms with Crippen molar-refractivity contribution in [2.24, 2.45) is 5.73 Å². The van der Waals surface area contributed by atoms with E-state index in [0.717, 1.165) is 13.0 Å². The van der Waals surface area contributed by atoms with Crippen molar-refractivity contribution in [3.8, 4) is 0 Å². The number of hydrogen-bond acceptors (Lipinski definition) is 4. The number of carboxylic acid groups (broad SMARTS) is 1. The molecule has 0 saturated heterocycles. The molecule has 0 amide bonds. The van der Waals surface area contributed by atoms with Gasteiger partial charge in [0.1, 0.15) is 18.2 Å². The molecule has 6 nitrogen and oxygen atoms in total. The third-order valence-electron chi connectivity index (χ3n) is 1.85. The summed E-state index contributed by atoms with van der Waals surface area (Å²) in [7, 11) is 0. The van der Waals surface area contributed by atoms with Gasteiger partial charge in [-0.2, -0.15) is 5.10 Å². The van der Waals surface area contributed by atoms with E-state index in [9.17, 15) is 4.79 Å². The quantitative estimate of drug-likeness (QED) is 0.674. The van der Waals surface area contributed by atoms with Crippen molar-refractivity contribution in [2.75, 3.05) is 0 Å². The van der Waals surface area contributed by atoms with Crippen LogP contribution >= 0.6 is 0 Å². The van der Waals surface area contributed by atoms with Crippen LogP contribution in [0.1, 0.15) is 19.2 Å². The van der Waals surface area contributed by atoms with Crippen molar-refractivity contribution in [1.82, 2.24) is 14.8 Å². The molecule has 0 fully saturated rings. The van der Waals surface area contributed by atoms with Gasteiger partial charge in [0, 0.05) is 13.0 Å². The molecule has 0 aliphatic carbocycles. The Morgan fingerprint density at radius 1 is 1.79 bits per heavy atom. The first kappa shape index (κ1) is 10.6. The zero-order valence-electron chi connectivity index (χ0n) is 8.05. The molecule has 3 N–H and O–H groups in total. The van der Waals surface area contributed by atoms with Crippen LogP contribution in [0.3, 0.4) is 0 Å². The molecular formula is C8H14N4O2.